The van der Waals surface area contributed by atoms with E-state index in [1.54, 1.807) is 0 Å². The zero-order valence-electron chi connectivity index (χ0n) is 8.50. The Bertz CT molecular complexity index is 171. The molecule has 1 saturated heterocycles. The Balaban J connectivity index is 1.76. The number of nitrogens with zero attached hydrogens (tertiary/aromatic N) is 1. The van der Waals surface area contributed by atoms with Crippen molar-refractivity contribution in [1.82, 2.24) is 10.2 Å². The van der Waals surface area contributed by atoms with Gasteiger partial charge in [0.05, 0.1) is 0 Å². The third kappa shape index (κ3) is 5.90. The Kier molecular flexibility index (Phi) is 5.51. The van der Waals surface area contributed by atoms with Gasteiger partial charge in [0.15, 0.2) is 0 Å². The van der Waals surface area contributed by atoms with Gasteiger partial charge in [-0.3, -0.25) is 9.63 Å². The molecule has 14 heavy (non-hydrogen) atoms. The Morgan fingerprint density at radius 1 is 1.36 bits per heavy atom. The van der Waals surface area contributed by atoms with E-state index in [0.717, 1.165) is 13.0 Å². The number of unbranched alkanes of at least 4 members (excludes halogenated alkanes) is 2. The normalized spacial score (nSPS) is 15.5. The van der Waals surface area contributed by atoms with Crippen LogP contribution in [0, 0.1) is 0 Å². The summed E-state index contributed by atoms with van der Waals surface area (Å²) in [6, 6.07) is 0. The van der Waals surface area contributed by atoms with Crippen LogP contribution in [0.1, 0.15) is 19.3 Å². The van der Waals surface area contributed by atoms with Crippen molar-refractivity contribution < 1.29 is 9.63 Å². The molecule has 5 heteroatoms. The van der Waals surface area contributed by atoms with Crippen molar-refractivity contribution in [2.24, 2.45) is 5.90 Å². The molecule has 1 amide bonds. The summed E-state index contributed by atoms with van der Waals surface area (Å²) in [7, 11) is 0. The molecule has 1 aliphatic rings. The van der Waals surface area contributed by atoms with E-state index < -0.39 is 0 Å². The van der Waals surface area contributed by atoms with Gasteiger partial charge >= 0.3 is 0 Å². The highest BCUT2D eigenvalue weighted by Crippen LogP contribution is 2.05. The fourth-order valence-corrected chi connectivity index (χ4v) is 1.29. The van der Waals surface area contributed by atoms with Gasteiger partial charge in [-0.25, -0.2) is 5.90 Å². The zero-order chi connectivity index (χ0) is 10.2. The Morgan fingerprint density at radius 2 is 2.14 bits per heavy atom. The summed E-state index contributed by atoms with van der Waals surface area (Å²) >= 11 is 0. The predicted octanol–water partition coefficient (Wildman–Crippen LogP) is -0.521. The third-order valence-electron chi connectivity index (χ3n) is 2.23. The second-order valence-electron chi connectivity index (χ2n) is 3.56. The first kappa shape index (κ1) is 11.4. The van der Waals surface area contributed by atoms with Crippen LogP contribution in [0.3, 0.4) is 0 Å². The van der Waals surface area contributed by atoms with Crippen LogP contribution in [0.25, 0.3) is 0 Å². The van der Waals surface area contributed by atoms with Gasteiger partial charge in [-0.2, -0.15) is 0 Å². The van der Waals surface area contributed by atoms with Crippen LogP contribution >= 0.6 is 0 Å². The highest BCUT2D eigenvalue weighted by molar-refractivity contribution is 5.77. The number of carbonyl (C=O) groups excluding carboxylic acids is 1. The second kappa shape index (κ2) is 6.75. The van der Waals surface area contributed by atoms with E-state index in [1.807, 2.05) is 0 Å². The van der Waals surface area contributed by atoms with Gasteiger partial charge in [0.25, 0.3) is 0 Å². The Morgan fingerprint density at radius 3 is 2.79 bits per heavy atom. The molecule has 1 rings (SSSR count). The van der Waals surface area contributed by atoms with Gasteiger partial charge in [0, 0.05) is 19.6 Å². The van der Waals surface area contributed by atoms with E-state index in [1.165, 1.54) is 32.5 Å². The van der Waals surface area contributed by atoms with Crippen molar-refractivity contribution in [2.75, 3.05) is 32.8 Å². The number of nitrogens with two attached hydrogens (primary N) is 1. The van der Waals surface area contributed by atoms with Gasteiger partial charge in [0.2, 0.25) is 5.91 Å². The van der Waals surface area contributed by atoms with Crippen LogP contribution in [0.5, 0.6) is 0 Å². The molecule has 0 aromatic rings. The SMILES string of the molecule is NOCC(=O)NCCCCCN1CC1. The first-order chi connectivity index (χ1) is 6.83. The van der Waals surface area contributed by atoms with Gasteiger partial charge in [0.1, 0.15) is 6.61 Å². The van der Waals surface area contributed by atoms with E-state index in [2.05, 4.69) is 15.1 Å². The molecule has 82 valence electrons. The molecular formula is C9H19N3O2. The molecule has 0 aromatic carbocycles. The molecule has 0 atom stereocenters. The molecule has 3 N–H and O–H groups in total. The summed E-state index contributed by atoms with van der Waals surface area (Å²) in [5, 5.41) is 2.73. The van der Waals surface area contributed by atoms with Gasteiger partial charge in [-0.05, 0) is 19.4 Å². The minimum atomic E-state index is -0.140. The fourth-order valence-electron chi connectivity index (χ4n) is 1.29. The lowest BCUT2D eigenvalue weighted by Crippen LogP contribution is -2.29. The van der Waals surface area contributed by atoms with E-state index >= 15 is 0 Å². The monoisotopic (exact) mass is 201 g/mol. The molecule has 0 spiro atoms. The summed E-state index contributed by atoms with van der Waals surface area (Å²) in [4.78, 5) is 17.5. The topological polar surface area (TPSA) is 67.4 Å². The van der Waals surface area contributed by atoms with E-state index in [0.29, 0.717) is 0 Å². The zero-order valence-corrected chi connectivity index (χ0v) is 8.50. The molecule has 1 fully saturated rings. The number of hydrogen-bond acceptors (Lipinski definition) is 4. The molecule has 0 saturated carbocycles. The summed E-state index contributed by atoms with van der Waals surface area (Å²) in [5.41, 5.74) is 0. The van der Waals surface area contributed by atoms with Crippen LogP contribution in [-0.2, 0) is 9.63 Å². The molecule has 0 aliphatic carbocycles. The van der Waals surface area contributed by atoms with E-state index in [9.17, 15) is 4.79 Å². The fraction of sp³-hybridized carbons (Fsp3) is 0.889. The average Bonchev–Trinajstić information content (AvgIpc) is 2.95. The van der Waals surface area contributed by atoms with Gasteiger partial charge < -0.3 is 10.2 Å². The van der Waals surface area contributed by atoms with Crippen molar-refractivity contribution in [3.8, 4) is 0 Å². The maximum absolute atomic E-state index is 10.9. The summed E-state index contributed by atoms with van der Waals surface area (Å²) < 4.78 is 0. The van der Waals surface area contributed by atoms with E-state index in [4.69, 9.17) is 5.90 Å². The smallest absolute Gasteiger partial charge is 0.248 e. The molecule has 1 aliphatic heterocycles. The molecule has 1 heterocycles. The minimum absolute atomic E-state index is 0.0478. The molecular weight excluding hydrogens is 182 g/mol. The number of nitrogens with one attached hydrogen (secondary N) is 1. The van der Waals surface area contributed by atoms with E-state index in [-0.39, 0.29) is 12.5 Å². The van der Waals surface area contributed by atoms with Gasteiger partial charge in [-0.15, -0.1) is 0 Å². The minimum Gasteiger partial charge on any atom is -0.354 e. The number of rotatable bonds is 8. The highest BCUT2D eigenvalue weighted by Gasteiger charge is 2.15. The van der Waals surface area contributed by atoms with Crippen LogP contribution < -0.4 is 11.2 Å². The third-order valence-corrected chi connectivity index (χ3v) is 2.23. The lowest BCUT2D eigenvalue weighted by Gasteiger charge is -2.04. The first-order valence-electron chi connectivity index (χ1n) is 5.13. The van der Waals surface area contributed by atoms with Crippen LogP contribution in [0.15, 0.2) is 0 Å². The second-order valence-corrected chi connectivity index (χ2v) is 3.56. The molecule has 0 aromatic heterocycles. The number of amides is 1. The van der Waals surface area contributed by atoms with Crippen molar-refractivity contribution >= 4 is 5.91 Å². The molecule has 0 radical (unpaired) electrons. The predicted molar refractivity (Wildman–Crippen MR) is 53.4 cm³/mol. The maximum atomic E-state index is 10.9. The quantitative estimate of drug-likeness (QED) is 0.315. The van der Waals surface area contributed by atoms with Crippen LogP contribution in [-0.4, -0.2) is 43.6 Å². The Hall–Kier alpha value is -0.650. The van der Waals surface area contributed by atoms with Crippen molar-refractivity contribution in [3.63, 3.8) is 0 Å². The largest absolute Gasteiger partial charge is 0.354 e. The van der Waals surface area contributed by atoms with Crippen LogP contribution in [0.4, 0.5) is 0 Å². The average molecular weight is 201 g/mol. The number of hydrogen-bond donors (Lipinski definition) is 2. The number of carbonyl (C=O) groups is 1. The van der Waals surface area contributed by atoms with Crippen LogP contribution in [0.2, 0.25) is 0 Å². The molecule has 0 unspecified atom stereocenters. The Labute approximate surface area is 84.5 Å². The van der Waals surface area contributed by atoms with Crippen molar-refractivity contribution in [2.45, 2.75) is 19.3 Å². The van der Waals surface area contributed by atoms with Crippen molar-refractivity contribution in [1.29, 1.82) is 0 Å². The molecule has 0 bridgehead atoms. The summed E-state index contributed by atoms with van der Waals surface area (Å²) in [6.07, 6.45) is 3.42. The summed E-state index contributed by atoms with van der Waals surface area (Å²) in [5.74, 6) is 4.61. The lowest BCUT2D eigenvalue weighted by atomic mass is 10.2. The first-order valence-corrected chi connectivity index (χ1v) is 5.13. The van der Waals surface area contributed by atoms with Crippen molar-refractivity contribution in [3.05, 3.63) is 0 Å². The summed E-state index contributed by atoms with van der Waals surface area (Å²) in [6.45, 7) is 4.42. The standard InChI is InChI=1S/C9H19N3O2/c10-14-8-9(13)11-4-2-1-3-5-12-6-7-12/h1-8,10H2,(H,11,13). The van der Waals surface area contributed by atoms with Gasteiger partial charge in [-0.1, -0.05) is 6.42 Å². The highest BCUT2D eigenvalue weighted by atomic mass is 16.6. The maximum Gasteiger partial charge on any atom is 0.248 e. The molecule has 5 nitrogen and oxygen atoms in total. The lowest BCUT2D eigenvalue weighted by molar-refractivity contribution is -0.125.